The molecule has 21 heavy (non-hydrogen) atoms. The van der Waals surface area contributed by atoms with E-state index in [1.807, 2.05) is 24.3 Å². The van der Waals surface area contributed by atoms with Crippen molar-refractivity contribution in [3.8, 4) is 0 Å². The van der Waals surface area contributed by atoms with E-state index in [0.29, 0.717) is 5.56 Å². The summed E-state index contributed by atoms with van der Waals surface area (Å²) in [6, 6.07) is 14.9. The summed E-state index contributed by atoms with van der Waals surface area (Å²) in [4.78, 5) is 23.3. The summed E-state index contributed by atoms with van der Waals surface area (Å²) in [5, 5.41) is 11.8. The van der Waals surface area contributed by atoms with E-state index < -0.39 is 12.0 Å². The predicted molar refractivity (Wildman–Crippen MR) is 83.2 cm³/mol. The number of carbonyl (C=O) groups is 2. The first-order chi connectivity index (χ1) is 10.1. The van der Waals surface area contributed by atoms with Crippen LogP contribution >= 0.6 is 15.9 Å². The number of carbonyl (C=O) groups excluding carboxylic acids is 1. The fraction of sp³-hybridized carbons (Fsp3) is 0.125. The lowest BCUT2D eigenvalue weighted by molar-refractivity contribution is -0.139. The van der Waals surface area contributed by atoms with Gasteiger partial charge in [0, 0.05) is 16.5 Å². The van der Waals surface area contributed by atoms with Crippen molar-refractivity contribution in [1.82, 2.24) is 5.32 Å². The Morgan fingerprint density at radius 2 is 1.67 bits per heavy atom. The van der Waals surface area contributed by atoms with Gasteiger partial charge in [0.15, 0.2) is 0 Å². The van der Waals surface area contributed by atoms with E-state index in [4.69, 9.17) is 0 Å². The van der Waals surface area contributed by atoms with E-state index in [9.17, 15) is 14.7 Å². The highest BCUT2D eigenvalue weighted by Gasteiger charge is 2.20. The molecule has 0 aliphatic carbocycles. The number of nitrogens with one attached hydrogen (secondary N) is 1. The standard InChI is InChI=1S/C16H14BrNO3/c17-13-8-6-11(7-9-13)10-14(16(20)21)18-15(19)12-4-2-1-3-5-12/h1-9,14H,10H2,(H,18,19)(H,20,21)/t14-/m0/s1. The normalized spacial score (nSPS) is 11.7. The van der Waals surface area contributed by atoms with Crippen LogP contribution in [0, 0.1) is 0 Å². The number of amides is 1. The lowest BCUT2D eigenvalue weighted by Gasteiger charge is -2.14. The monoisotopic (exact) mass is 347 g/mol. The lowest BCUT2D eigenvalue weighted by Crippen LogP contribution is -2.42. The van der Waals surface area contributed by atoms with Gasteiger partial charge in [-0.2, -0.15) is 0 Å². The number of hydrogen-bond acceptors (Lipinski definition) is 2. The first kappa shape index (κ1) is 15.3. The van der Waals surface area contributed by atoms with Crippen molar-refractivity contribution < 1.29 is 14.7 Å². The molecule has 0 bridgehead atoms. The van der Waals surface area contributed by atoms with Crippen molar-refractivity contribution in [3.63, 3.8) is 0 Å². The van der Waals surface area contributed by atoms with E-state index >= 15 is 0 Å². The second kappa shape index (κ2) is 7.04. The molecule has 4 nitrogen and oxygen atoms in total. The predicted octanol–water partition coefficient (Wildman–Crippen LogP) is 2.87. The van der Waals surface area contributed by atoms with Crippen molar-refractivity contribution in [3.05, 3.63) is 70.2 Å². The van der Waals surface area contributed by atoms with Crippen LogP contribution in [0.3, 0.4) is 0 Å². The number of rotatable bonds is 5. The minimum absolute atomic E-state index is 0.237. The van der Waals surface area contributed by atoms with Crippen LogP contribution in [0.25, 0.3) is 0 Å². The number of benzene rings is 2. The third kappa shape index (κ3) is 4.43. The van der Waals surface area contributed by atoms with Crippen molar-refractivity contribution in [2.45, 2.75) is 12.5 Å². The van der Waals surface area contributed by atoms with Crippen LogP contribution in [0.15, 0.2) is 59.1 Å². The lowest BCUT2D eigenvalue weighted by atomic mass is 10.1. The molecule has 1 atom stereocenters. The van der Waals surface area contributed by atoms with Crippen LogP contribution in [0.2, 0.25) is 0 Å². The molecular formula is C16H14BrNO3. The Labute approximate surface area is 130 Å². The number of hydrogen-bond donors (Lipinski definition) is 2. The fourth-order valence-electron chi connectivity index (χ4n) is 1.89. The summed E-state index contributed by atoms with van der Waals surface area (Å²) in [7, 11) is 0. The first-order valence-electron chi connectivity index (χ1n) is 6.39. The molecule has 0 radical (unpaired) electrons. The van der Waals surface area contributed by atoms with Gasteiger partial charge in [0.1, 0.15) is 6.04 Å². The molecule has 0 spiro atoms. The van der Waals surface area contributed by atoms with Crippen LogP contribution in [0.1, 0.15) is 15.9 Å². The fourth-order valence-corrected chi connectivity index (χ4v) is 2.15. The smallest absolute Gasteiger partial charge is 0.326 e. The SMILES string of the molecule is O=C(N[C@@H](Cc1ccc(Br)cc1)C(=O)O)c1ccccc1. The molecule has 0 unspecified atom stereocenters. The zero-order valence-electron chi connectivity index (χ0n) is 11.1. The highest BCUT2D eigenvalue weighted by Crippen LogP contribution is 2.12. The van der Waals surface area contributed by atoms with Crippen LogP contribution in [0.5, 0.6) is 0 Å². The topological polar surface area (TPSA) is 66.4 Å². The summed E-state index contributed by atoms with van der Waals surface area (Å²) in [6.07, 6.45) is 0.237. The van der Waals surface area contributed by atoms with Gasteiger partial charge in [0.05, 0.1) is 0 Å². The zero-order chi connectivity index (χ0) is 15.2. The molecule has 0 saturated carbocycles. The summed E-state index contributed by atoms with van der Waals surface area (Å²) in [5.41, 5.74) is 1.29. The van der Waals surface area contributed by atoms with Crippen LogP contribution in [-0.2, 0) is 11.2 Å². The Kier molecular flexibility index (Phi) is 5.11. The zero-order valence-corrected chi connectivity index (χ0v) is 12.7. The Balaban J connectivity index is 2.07. The van der Waals surface area contributed by atoms with Gasteiger partial charge in [-0.25, -0.2) is 4.79 Å². The Hall–Kier alpha value is -2.14. The van der Waals surface area contributed by atoms with Gasteiger partial charge in [0.2, 0.25) is 0 Å². The molecule has 0 heterocycles. The third-order valence-corrected chi connectivity index (χ3v) is 3.52. The van der Waals surface area contributed by atoms with Gasteiger partial charge >= 0.3 is 5.97 Å². The molecule has 108 valence electrons. The summed E-state index contributed by atoms with van der Waals surface area (Å²) in [6.45, 7) is 0. The minimum Gasteiger partial charge on any atom is -0.480 e. The van der Waals surface area contributed by atoms with Crippen LogP contribution in [-0.4, -0.2) is 23.0 Å². The average molecular weight is 348 g/mol. The van der Waals surface area contributed by atoms with Gasteiger partial charge in [-0.1, -0.05) is 46.3 Å². The molecule has 2 aromatic carbocycles. The van der Waals surface area contributed by atoms with Gasteiger partial charge in [-0.15, -0.1) is 0 Å². The number of halogens is 1. The van der Waals surface area contributed by atoms with E-state index in [0.717, 1.165) is 10.0 Å². The van der Waals surface area contributed by atoms with Crippen molar-refractivity contribution >= 4 is 27.8 Å². The van der Waals surface area contributed by atoms with Crippen LogP contribution < -0.4 is 5.32 Å². The first-order valence-corrected chi connectivity index (χ1v) is 7.19. The maximum Gasteiger partial charge on any atom is 0.326 e. The number of carboxylic acid groups (broad SMARTS) is 1. The maximum atomic E-state index is 12.0. The average Bonchev–Trinajstić information content (AvgIpc) is 2.49. The van der Waals surface area contributed by atoms with Gasteiger partial charge in [0.25, 0.3) is 5.91 Å². The van der Waals surface area contributed by atoms with Crippen LogP contribution in [0.4, 0.5) is 0 Å². The van der Waals surface area contributed by atoms with E-state index in [1.165, 1.54) is 0 Å². The molecule has 2 aromatic rings. The van der Waals surface area contributed by atoms with E-state index in [-0.39, 0.29) is 12.3 Å². The van der Waals surface area contributed by atoms with Gasteiger partial charge in [-0.3, -0.25) is 4.79 Å². The molecule has 5 heteroatoms. The molecule has 1 amide bonds. The third-order valence-electron chi connectivity index (χ3n) is 2.99. The van der Waals surface area contributed by atoms with Crippen molar-refractivity contribution in [2.75, 3.05) is 0 Å². The molecule has 0 aliphatic heterocycles. The quantitative estimate of drug-likeness (QED) is 0.873. The summed E-state index contributed by atoms with van der Waals surface area (Å²) < 4.78 is 0.923. The molecule has 0 saturated heterocycles. The Bertz CT molecular complexity index is 626. The molecule has 0 fully saturated rings. The Morgan fingerprint density at radius 1 is 1.05 bits per heavy atom. The summed E-state index contributed by atoms with van der Waals surface area (Å²) >= 11 is 3.33. The van der Waals surface area contributed by atoms with Crippen molar-refractivity contribution in [2.24, 2.45) is 0 Å². The second-order valence-corrected chi connectivity index (χ2v) is 5.48. The highest BCUT2D eigenvalue weighted by atomic mass is 79.9. The van der Waals surface area contributed by atoms with Gasteiger partial charge in [-0.05, 0) is 29.8 Å². The Morgan fingerprint density at radius 3 is 2.24 bits per heavy atom. The second-order valence-electron chi connectivity index (χ2n) is 4.56. The number of aliphatic carboxylic acids is 1. The van der Waals surface area contributed by atoms with Crippen molar-refractivity contribution in [1.29, 1.82) is 0 Å². The number of carboxylic acids is 1. The summed E-state index contributed by atoms with van der Waals surface area (Å²) in [5.74, 6) is -1.44. The molecule has 2 N–H and O–H groups in total. The largest absolute Gasteiger partial charge is 0.480 e. The molecule has 0 aromatic heterocycles. The molecular weight excluding hydrogens is 334 g/mol. The molecule has 0 aliphatic rings. The highest BCUT2D eigenvalue weighted by molar-refractivity contribution is 9.10. The van der Waals surface area contributed by atoms with E-state index in [1.54, 1.807) is 30.3 Å². The van der Waals surface area contributed by atoms with E-state index in [2.05, 4.69) is 21.2 Å². The maximum absolute atomic E-state index is 12.0. The minimum atomic E-state index is -1.05. The van der Waals surface area contributed by atoms with Gasteiger partial charge < -0.3 is 10.4 Å². The molecule has 2 rings (SSSR count).